The normalized spacial score (nSPS) is 11.2. The van der Waals surface area contributed by atoms with Crippen LogP contribution < -0.4 is 15.6 Å². The van der Waals surface area contributed by atoms with Gasteiger partial charge in [0.25, 0.3) is 5.56 Å². The third-order valence-corrected chi connectivity index (χ3v) is 3.78. The zero-order chi connectivity index (χ0) is 17.3. The fourth-order valence-electron chi connectivity index (χ4n) is 2.39. The van der Waals surface area contributed by atoms with Crippen molar-refractivity contribution in [2.75, 3.05) is 12.4 Å². The van der Waals surface area contributed by atoms with Gasteiger partial charge >= 0.3 is 0 Å². The lowest BCUT2D eigenvalue weighted by molar-refractivity contribution is 0.412. The maximum Gasteiger partial charge on any atom is 0.280 e. The molecule has 1 N–H and O–H groups in total. The van der Waals surface area contributed by atoms with Crippen LogP contribution in [0.3, 0.4) is 0 Å². The molecule has 0 spiro atoms. The largest absolute Gasteiger partial charge is 0.495 e. The highest BCUT2D eigenvalue weighted by molar-refractivity contribution is 5.45. The lowest BCUT2D eigenvalue weighted by Crippen LogP contribution is -2.25. The van der Waals surface area contributed by atoms with Crippen molar-refractivity contribution in [3.8, 4) is 5.75 Å². The molecule has 0 unspecified atom stereocenters. The van der Waals surface area contributed by atoms with Crippen molar-refractivity contribution in [3.63, 3.8) is 0 Å². The van der Waals surface area contributed by atoms with Gasteiger partial charge in [-0.2, -0.15) is 0 Å². The zero-order valence-electron chi connectivity index (χ0n) is 14.1. The number of nitrogens with zero attached hydrogens (tertiary/aromatic N) is 5. The standard InChI is InChI=1S/C16H20N6O2/c1-10(2)14-18-9-13-15(23)21(3)16(20-22(13)14)19-7-11-5-6-12(24-4)8-17-11/h5-6,8-10H,7H2,1-4H3,(H,19,20). The number of ether oxygens (including phenoxy) is 1. The predicted octanol–water partition coefficient (Wildman–Crippen LogP) is 1.57. The summed E-state index contributed by atoms with van der Waals surface area (Å²) in [5, 5.41) is 7.67. The number of hydrogen-bond donors (Lipinski definition) is 1. The molecule has 8 nitrogen and oxygen atoms in total. The van der Waals surface area contributed by atoms with Crippen molar-refractivity contribution in [1.29, 1.82) is 0 Å². The minimum atomic E-state index is -0.144. The third kappa shape index (κ3) is 2.82. The van der Waals surface area contributed by atoms with Gasteiger partial charge in [0.1, 0.15) is 11.6 Å². The van der Waals surface area contributed by atoms with Crippen molar-refractivity contribution in [3.05, 3.63) is 46.4 Å². The Balaban J connectivity index is 1.92. The van der Waals surface area contributed by atoms with E-state index in [9.17, 15) is 4.79 Å². The highest BCUT2D eigenvalue weighted by Gasteiger charge is 2.14. The van der Waals surface area contributed by atoms with E-state index in [1.54, 1.807) is 31.1 Å². The molecule has 0 bridgehead atoms. The first-order chi connectivity index (χ1) is 11.5. The lowest BCUT2D eigenvalue weighted by Gasteiger charge is -2.11. The van der Waals surface area contributed by atoms with Crippen LogP contribution in [0.2, 0.25) is 0 Å². The molecule has 3 aromatic rings. The first-order valence-corrected chi connectivity index (χ1v) is 7.68. The summed E-state index contributed by atoms with van der Waals surface area (Å²) in [6.45, 7) is 4.48. The molecular weight excluding hydrogens is 308 g/mol. The Morgan fingerprint density at radius 3 is 2.67 bits per heavy atom. The van der Waals surface area contributed by atoms with Crippen LogP contribution in [0.25, 0.3) is 5.52 Å². The third-order valence-electron chi connectivity index (χ3n) is 3.78. The van der Waals surface area contributed by atoms with E-state index in [4.69, 9.17) is 4.74 Å². The fraction of sp³-hybridized carbons (Fsp3) is 0.375. The average molecular weight is 328 g/mol. The van der Waals surface area contributed by atoms with Crippen LogP contribution in [0, 0.1) is 0 Å². The SMILES string of the molecule is COc1ccc(CNc2nn3c(C(C)C)ncc3c(=O)n2C)nc1. The Morgan fingerprint density at radius 1 is 1.25 bits per heavy atom. The number of anilines is 1. The number of rotatable bonds is 5. The van der Waals surface area contributed by atoms with Gasteiger partial charge < -0.3 is 10.1 Å². The van der Waals surface area contributed by atoms with Crippen LogP contribution in [0.4, 0.5) is 5.95 Å². The summed E-state index contributed by atoms with van der Waals surface area (Å²) in [6.07, 6.45) is 3.22. The Bertz CT molecular complexity index is 911. The van der Waals surface area contributed by atoms with Crippen LogP contribution >= 0.6 is 0 Å². The number of methoxy groups -OCH3 is 1. The number of pyridine rings is 1. The molecule has 3 aromatic heterocycles. The van der Waals surface area contributed by atoms with E-state index in [-0.39, 0.29) is 11.5 Å². The highest BCUT2D eigenvalue weighted by atomic mass is 16.5. The monoisotopic (exact) mass is 328 g/mol. The molecule has 0 aromatic carbocycles. The highest BCUT2D eigenvalue weighted by Crippen LogP contribution is 2.14. The Kier molecular flexibility index (Phi) is 4.20. The van der Waals surface area contributed by atoms with E-state index >= 15 is 0 Å². The summed E-state index contributed by atoms with van der Waals surface area (Å²) in [7, 11) is 3.28. The van der Waals surface area contributed by atoms with Crippen molar-refractivity contribution in [2.24, 2.45) is 7.05 Å². The van der Waals surface area contributed by atoms with E-state index < -0.39 is 0 Å². The summed E-state index contributed by atoms with van der Waals surface area (Å²) in [5.74, 6) is 2.09. The number of imidazole rings is 1. The predicted molar refractivity (Wildman–Crippen MR) is 90.4 cm³/mol. The molecule has 8 heteroatoms. The molecular formula is C16H20N6O2. The maximum atomic E-state index is 12.5. The van der Waals surface area contributed by atoms with Gasteiger partial charge in [0.2, 0.25) is 5.95 Å². The number of aromatic nitrogens is 5. The molecule has 0 atom stereocenters. The van der Waals surface area contributed by atoms with Crippen LogP contribution in [-0.4, -0.2) is 31.3 Å². The molecule has 0 radical (unpaired) electrons. The second kappa shape index (κ2) is 6.31. The van der Waals surface area contributed by atoms with Crippen molar-refractivity contribution in [1.82, 2.24) is 24.1 Å². The maximum absolute atomic E-state index is 12.5. The molecule has 0 saturated carbocycles. The quantitative estimate of drug-likeness (QED) is 0.765. The summed E-state index contributed by atoms with van der Waals surface area (Å²) >= 11 is 0. The molecule has 24 heavy (non-hydrogen) atoms. The Hall–Kier alpha value is -2.90. The number of hydrogen-bond acceptors (Lipinski definition) is 6. The molecule has 3 rings (SSSR count). The Labute approximate surface area is 139 Å². The van der Waals surface area contributed by atoms with Crippen molar-refractivity contribution in [2.45, 2.75) is 26.3 Å². The van der Waals surface area contributed by atoms with E-state index in [2.05, 4.69) is 20.4 Å². The van der Waals surface area contributed by atoms with Gasteiger partial charge in [-0.05, 0) is 12.1 Å². The molecule has 3 heterocycles. The summed E-state index contributed by atoms with van der Waals surface area (Å²) < 4.78 is 8.18. The molecule has 0 fully saturated rings. The van der Waals surface area contributed by atoms with E-state index in [0.717, 1.165) is 11.5 Å². The van der Waals surface area contributed by atoms with Crippen molar-refractivity contribution < 1.29 is 4.74 Å². The van der Waals surface area contributed by atoms with Gasteiger partial charge in [-0.15, -0.1) is 5.10 Å². The molecule has 0 aliphatic heterocycles. The van der Waals surface area contributed by atoms with Crippen LogP contribution in [0.5, 0.6) is 5.75 Å². The van der Waals surface area contributed by atoms with Crippen LogP contribution in [0.1, 0.15) is 31.3 Å². The van der Waals surface area contributed by atoms with Crippen molar-refractivity contribution >= 4 is 11.5 Å². The molecule has 0 amide bonds. The van der Waals surface area contributed by atoms with Gasteiger partial charge in [0.05, 0.1) is 31.7 Å². The average Bonchev–Trinajstić information content (AvgIpc) is 3.01. The second-order valence-electron chi connectivity index (χ2n) is 5.80. The molecule has 126 valence electrons. The first-order valence-electron chi connectivity index (χ1n) is 7.68. The zero-order valence-corrected chi connectivity index (χ0v) is 14.1. The topological polar surface area (TPSA) is 86.3 Å². The number of nitrogens with one attached hydrogen (secondary N) is 1. The number of fused-ring (bicyclic) bond motifs is 1. The Morgan fingerprint density at radius 2 is 2.04 bits per heavy atom. The fourth-order valence-corrected chi connectivity index (χ4v) is 2.39. The molecule has 0 aliphatic rings. The van der Waals surface area contributed by atoms with E-state index in [0.29, 0.717) is 23.8 Å². The first kappa shape index (κ1) is 16.0. The van der Waals surface area contributed by atoms with E-state index in [1.165, 1.54) is 4.57 Å². The smallest absolute Gasteiger partial charge is 0.280 e. The van der Waals surface area contributed by atoms with Crippen LogP contribution in [-0.2, 0) is 13.6 Å². The van der Waals surface area contributed by atoms with Gasteiger partial charge in [-0.3, -0.25) is 14.3 Å². The second-order valence-corrected chi connectivity index (χ2v) is 5.80. The molecule has 0 aliphatic carbocycles. The van der Waals surface area contributed by atoms with Gasteiger partial charge in [0, 0.05) is 13.0 Å². The van der Waals surface area contributed by atoms with Gasteiger partial charge in [-0.25, -0.2) is 9.50 Å². The molecule has 0 saturated heterocycles. The van der Waals surface area contributed by atoms with E-state index in [1.807, 2.05) is 26.0 Å². The van der Waals surface area contributed by atoms with Gasteiger partial charge in [0.15, 0.2) is 5.52 Å². The van der Waals surface area contributed by atoms with Crippen LogP contribution in [0.15, 0.2) is 29.3 Å². The summed E-state index contributed by atoms with van der Waals surface area (Å²) in [5.41, 5.74) is 1.14. The lowest BCUT2D eigenvalue weighted by atomic mass is 10.2. The van der Waals surface area contributed by atoms with Gasteiger partial charge in [-0.1, -0.05) is 13.8 Å². The minimum absolute atomic E-state index is 0.144. The summed E-state index contributed by atoms with van der Waals surface area (Å²) in [6, 6.07) is 3.70. The minimum Gasteiger partial charge on any atom is -0.495 e. The summed E-state index contributed by atoms with van der Waals surface area (Å²) in [4.78, 5) is 21.1.